The van der Waals surface area contributed by atoms with Crippen LogP contribution in [-0.2, 0) is 0 Å². The molecule has 0 amide bonds. The van der Waals surface area contributed by atoms with Crippen molar-refractivity contribution in [3.8, 4) is 0 Å². The summed E-state index contributed by atoms with van der Waals surface area (Å²) in [5, 5.41) is 7.19. The molecule has 0 fully saturated rings. The van der Waals surface area contributed by atoms with Gasteiger partial charge in [0.25, 0.3) is 0 Å². The first-order valence-corrected chi connectivity index (χ1v) is 11.6. The minimum atomic E-state index is 0.991. The Morgan fingerprint density at radius 2 is 0.917 bits per heavy atom. The second-order valence-electron chi connectivity index (χ2n) is 5.34. The predicted molar refractivity (Wildman–Crippen MR) is 125 cm³/mol. The van der Waals surface area contributed by atoms with E-state index in [9.17, 15) is 0 Å². The van der Waals surface area contributed by atoms with Crippen LogP contribution in [0.4, 0.5) is 0 Å². The molecular formula is C18H6Br6. The maximum atomic E-state index is 3.80. The van der Waals surface area contributed by atoms with Gasteiger partial charge in [-0.3, -0.25) is 0 Å². The molecule has 0 aliphatic heterocycles. The Bertz CT molecular complexity index is 1140. The molecule has 4 aromatic rings. The average Bonchev–Trinajstić information content (AvgIpc) is 2.59. The summed E-state index contributed by atoms with van der Waals surface area (Å²) in [6.07, 6.45) is 0. The van der Waals surface area contributed by atoms with Gasteiger partial charge in [-0.15, -0.1) is 0 Å². The number of hydrogen-bond donors (Lipinski definition) is 0. The lowest BCUT2D eigenvalue weighted by atomic mass is 9.94. The maximum absolute atomic E-state index is 3.80. The smallest absolute Gasteiger partial charge is 0.0477 e. The molecule has 0 N–H and O–H groups in total. The van der Waals surface area contributed by atoms with Crippen LogP contribution in [0.1, 0.15) is 0 Å². The summed E-state index contributed by atoms with van der Waals surface area (Å²) < 4.78 is 6.15. The van der Waals surface area contributed by atoms with Gasteiger partial charge in [0.1, 0.15) is 0 Å². The van der Waals surface area contributed by atoms with Crippen molar-refractivity contribution in [1.29, 1.82) is 0 Å². The Hall–Kier alpha value is 0.540. The molecule has 0 unspecified atom stereocenters. The first kappa shape index (κ1) is 17.9. The Morgan fingerprint density at radius 1 is 0.417 bits per heavy atom. The fourth-order valence-electron chi connectivity index (χ4n) is 3.07. The van der Waals surface area contributed by atoms with Gasteiger partial charge < -0.3 is 0 Å². The van der Waals surface area contributed by atoms with E-state index in [-0.39, 0.29) is 0 Å². The molecule has 0 aromatic heterocycles. The lowest BCUT2D eigenvalue weighted by molar-refractivity contribution is 1.58. The number of benzene rings is 4. The quantitative estimate of drug-likeness (QED) is 0.0974. The number of halogens is 6. The molecule has 6 heteroatoms. The third-order valence-corrected chi connectivity index (χ3v) is 10.9. The van der Waals surface area contributed by atoms with Crippen LogP contribution in [0.2, 0.25) is 0 Å². The summed E-state index contributed by atoms with van der Waals surface area (Å²) in [6.45, 7) is 0. The summed E-state index contributed by atoms with van der Waals surface area (Å²) in [6, 6.07) is 12.8. The molecule has 0 saturated carbocycles. The summed E-state index contributed by atoms with van der Waals surface area (Å²) in [5.41, 5.74) is 0. The van der Waals surface area contributed by atoms with E-state index in [0.717, 1.165) is 26.8 Å². The molecule has 0 aliphatic carbocycles. The largest absolute Gasteiger partial charge is 0.0616 e. The Morgan fingerprint density at radius 3 is 1.58 bits per heavy atom. The third kappa shape index (κ3) is 2.51. The summed E-state index contributed by atoms with van der Waals surface area (Å²) >= 11 is 22.4. The van der Waals surface area contributed by atoms with E-state index in [2.05, 4.69) is 132 Å². The minimum Gasteiger partial charge on any atom is -0.0616 e. The van der Waals surface area contributed by atoms with Crippen molar-refractivity contribution >= 4 is 128 Å². The monoisotopic (exact) mass is 696 g/mol. The van der Waals surface area contributed by atoms with Gasteiger partial charge in [-0.1, -0.05) is 30.3 Å². The van der Waals surface area contributed by atoms with Crippen LogP contribution in [-0.4, -0.2) is 0 Å². The molecule has 0 heterocycles. The van der Waals surface area contributed by atoms with Gasteiger partial charge in [0.15, 0.2) is 0 Å². The van der Waals surface area contributed by atoms with Crippen LogP contribution in [0.5, 0.6) is 0 Å². The molecule has 4 aromatic carbocycles. The molecule has 0 saturated heterocycles. The topological polar surface area (TPSA) is 0 Å². The van der Waals surface area contributed by atoms with Crippen molar-refractivity contribution in [2.45, 2.75) is 0 Å². The lowest BCUT2D eigenvalue weighted by Crippen LogP contribution is -1.89. The fraction of sp³-hybridized carbons (Fsp3) is 0. The zero-order valence-electron chi connectivity index (χ0n) is 11.7. The Kier molecular flexibility index (Phi) is 4.94. The van der Waals surface area contributed by atoms with Gasteiger partial charge in [-0.05, 0) is 118 Å². The van der Waals surface area contributed by atoms with Crippen LogP contribution in [0.15, 0.2) is 63.2 Å². The number of rotatable bonds is 0. The molecular weight excluding hydrogens is 696 g/mol. The van der Waals surface area contributed by atoms with Crippen molar-refractivity contribution in [2.75, 3.05) is 0 Å². The Labute approximate surface area is 189 Å². The molecule has 0 radical (unpaired) electrons. The van der Waals surface area contributed by atoms with Crippen molar-refractivity contribution in [1.82, 2.24) is 0 Å². The molecule has 0 spiro atoms. The first-order valence-electron chi connectivity index (χ1n) is 6.87. The SMILES string of the molecule is Brc1ccc2c3ccccc3c3c(Br)c(Br)c(Br)c(Br)c3c2c1Br. The predicted octanol–water partition coefficient (Wildman–Crippen LogP) is 9.72. The van der Waals surface area contributed by atoms with Gasteiger partial charge in [0.2, 0.25) is 0 Å². The fourth-order valence-corrected chi connectivity index (χ4v) is 6.48. The van der Waals surface area contributed by atoms with Gasteiger partial charge in [-0.2, -0.15) is 0 Å². The van der Waals surface area contributed by atoms with Crippen LogP contribution < -0.4 is 0 Å². The highest BCUT2D eigenvalue weighted by molar-refractivity contribution is 9.15. The molecule has 24 heavy (non-hydrogen) atoms. The average molecular weight is 702 g/mol. The van der Waals surface area contributed by atoms with E-state index < -0.39 is 0 Å². The van der Waals surface area contributed by atoms with Crippen LogP contribution >= 0.6 is 95.6 Å². The van der Waals surface area contributed by atoms with Crippen LogP contribution in [0, 0.1) is 0 Å². The van der Waals surface area contributed by atoms with Crippen molar-refractivity contribution in [3.05, 3.63) is 63.2 Å². The highest BCUT2D eigenvalue weighted by Gasteiger charge is 2.20. The Balaban J connectivity index is 2.53. The number of fused-ring (bicyclic) bond motifs is 6. The van der Waals surface area contributed by atoms with Crippen LogP contribution in [0.3, 0.4) is 0 Å². The highest BCUT2D eigenvalue weighted by Crippen LogP contribution is 2.50. The van der Waals surface area contributed by atoms with Gasteiger partial charge in [0, 0.05) is 43.0 Å². The van der Waals surface area contributed by atoms with Crippen molar-refractivity contribution in [2.24, 2.45) is 0 Å². The van der Waals surface area contributed by atoms with Gasteiger partial charge in [0.05, 0.1) is 0 Å². The van der Waals surface area contributed by atoms with Crippen molar-refractivity contribution in [3.63, 3.8) is 0 Å². The zero-order chi connectivity index (χ0) is 17.2. The molecule has 4 rings (SSSR count). The van der Waals surface area contributed by atoms with E-state index in [1.54, 1.807) is 0 Å². The zero-order valence-corrected chi connectivity index (χ0v) is 21.2. The van der Waals surface area contributed by atoms with Gasteiger partial charge >= 0.3 is 0 Å². The molecule has 0 atom stereocenters. The van der Waals surface area contributed by atoms with E-state index in [1.807, 2.05) is 0 Å². The standard InChI is InChI=1S/C18H6Br6/c19-10-6-5-9-7-3-1-2-4-8(7)12-13(11(9)14(10)20)16(22)18(24)17(23)15(12)21/h1-6H. The van der Waals surface area contributed by atoms with Crippen molar-refractivity contribution < 1.29 is 0 Å². The van der Waals surface area contributed by atoms with Gasteiger partial charge in [-0.25, -0.2) is 0 Å². The first-order chi connectivity index (χ1) is 11.4. The molecule has 0 aliphatic rings. The second-order valence-corrected chi connectivity index (χ2v) is 10.2. The van der Waals surface area contributed by atoms with E-state index >= 15 is 0 Å². The third-order valence-electron chi connectivity index (χ3n) is 4.10. The highest BCUT2D eigenvalue weighted by atomic mass is 79.9. The number of hydrogen-bond acceptors (Lipinski definition) is 0. The van der Waals surface area contributed by atoms with E-state index in [4.69, 9.17) is 0 Å². The normalized spacial score (nSPS) is 11.8. The summed E-state index contributed by atoms with van der Waals surface area (Å²) in [4.78, 5) is 0. The second kappa shape index (κ2) is 6.61. The van der Waals surface area contributed by atoms with E-state index in [1.165, 1.54) is 32.3 Å². The summed E-state index contributed by atoms with van der Waals surface area (Å²) in [5.74, 6) is 0. The molecule has 0 bridgehead atoms. The van der Waals surface area contributed by atoms with E-state index in [0.29, 0.717) is 0 Å². The molecule has 120 valence electrons. The minimum absolute atomic E-state index is 0.991. The lowest BCUT2D eigenvalue weighted by Gasteiger charge is -2.17. The maximum Gasteiger partial charge on any atom is 0.0477 e. The summed E-state index contributed by atoms with van der Waals surface area (Å²) in [7, 11) is 0. The molecule has 0 nitrogen and oxygen atoms in total. The van der Waals surface area contributed by atoms with Crippen LogP contribution in [0.25, 0.3) is 32.3 Å².